The summed E-state index contributed by atoms with van der Waals surface area (Å²) in [5, 5.41) is 17.6. The standard InChI is InChI=1S/C19H19N6O2S2/c1-2-22-25(27)11-4-5-12-14(8-11)28-18-16(12)17(20-9-21-18)23-10-3-6-13-15(7-10)29-19(26)24-13/h3,6-7,9,11,22H,2,4-5,8H2,1H3,(H,24,26)(H,20,21,23)/q-1. The van der Waals surface area contributed by atoms with Crippen LogP contribution in [0.5, 0.6) is 0 Å². The lowest BCUT2D eigenvalue weighted by molar-refractivity contribution is 0.185. The predicted octanol–water partition coefficient (Wildman–Crippen LogP) is 3.52. The molecule has 8 nitrogen and oxygen atoms in total. The molecular formula is C19H19N6O2S2-. The summed E-state index contributed by atoms with van der Waals surface area (Å²) in [6.45, 7) is 2.55. The monoisotopic (exact) mass is 427 g/mol. The van der Waals surface area contributed by atoms with E-state index in [0.717, 1.165) is 56.4 Å². The van der Waals surface area contributed by atoms with Gasteiger partial charge in [-0.05, 0) is 43.0 Å². The van der Waals surface area contributed by atoms with Crippen molar-refractivity contribution in [1.82, 2.24) is 25.5 Å². The minimum absolute atomic E-state index is 0.0568. The first-order valence-electron chi connectivity index (χ1n) is 9.47. The van der Waals surface area contributed by atoms with Gasteiger partial charge in [0.05, 0.1) is 15.6 Å². The molecule has 3 heterocycles. The van der Waals surface area contributed by atoms with Gasteiger partial charge in [-0.2, -0.15) is 0 Å². The van der Waals surface area contributed by atoms with Gasteiger partial charge in [-0.25, -0.2) is 9.97 Å². The second kappa shape index (κ2) is 7.47. The third kappa shape index (κ3) is 3.43. The van der Waals surface area contributed by atoms with E-state index in [9.17, 15) is 10.0 Å². The molecule has 5 rings (SSSR count). The molecule has 1 atom stereocenters. The number of nitrogens with zero attached hydrogens (tertiary/aromatic N) is 3. The van der Waals surface area contributed by atoms with Crippen molar-refractivity contribution in [3.63, 3.8) is 0 Å². The van der Waals surface area contributed by atoms with Crippen molar-refractivity contribution in [2.24, 2.45) is 0 Å². The number of thiazole rings is 1. The predicted molar refractivity (Wildman–Crippen MR) is 118 cm³/mol. The maximum atomic E-state index is 12.2. The topological polar surface area (TPSA) is 109 Å². The van der Waals surface area contributed by atoms with Gasteiger partial charge < -0.3 is 20.7 Å². The Bertz CT molecular complexity index is 1250. The van der Waals surface area contributed by atoms with Crippen molar-refractivity contribution in [2.45, 2.75) is 32.2 Å². The fourth-order valence-corrected chi connectivity index (χ4v) is 5.87. The highest BCUT2D eigenvalue weighted by molar-refractivity contribution is 7.19. The van der Waals surface area contributed by atoms with E-state index in [4.69, 9.17) is 0 Å². The number of benzene rings is 1. The molecule has 0 fully saturated rings. The molecule has 0 radical (unpaired) electrons. The highest BCUT2D eigenvalue weighted by atomic mass is 32.1. The molecule has 0 saturated carbocycles. The second-order valence-electron chi connectivity index (χ2n) is 6.99. The number of nitrogens with one attached hydrogen (secondary N) is 3. The Hall–Kier alpha value is -2.37. The summed E-state index contributed by atoms with van der Waals surface area (Å²) in [5.41, 5.74) is 5.80. The van der Waals surface area contributed by atoms with Crippen molar-refractivity contribution in [3.05, 3.63) is 49.8 Å². The van der Waals surface area contributed by atoms with Gasteiger partial charge in [0.25, 0.3) is 0 Å². The van der Waals surface area contributed by atoms with Gasteiger partial charge in [-0.3, -0.25) is 10.2 Å². The van der Waals surface area contributed by atoms with Crippen LogP contribution in [0.15, 0.2) is 29.3 Å². The number of aromatic amines is 1. The SMILES string of the molecule is CCNN([O-])C1CCc2c(sc3ncnc(Nc4ccc5[nH]c(=O)sc5c4)c23)C1. The van der Waals surface area contributed by atoms with E-state index in [1.807, 2.05) is 25.1 Å². The van der Waals surface area contributed by atoms with Crippen LogP contribution in [0.1, 0.15) is 23.8 Å². The first-order valence-corrected chi connectivity index (χ1v) is 11.1. The van der Waals surface area contributed by atoms with Crippen LogP contribution in [0.3, 0.4) is 0 Å². The highest BCUT2D eigenvalue weighted by Gasteiger charge is 2.26. The van der Waals surface area contributed by atoms with Crippen molar-refractivity contribution >= 4 is 54.6 Å². The molecule has 1 aliphatic rings. The van der Waals surface area contributed by atoms with Gasteiger partial charge in [0.15, 0.2) is 0 Å². The Morgan fingerprint density at radius 3 is 3.10 bits per heavy atom. The fourth-order valence-electron chi connectivity index (χ4n) is 3.83. The fraction of sp³-hybridized carbons (Fsp3) is 0.316. The van der Waals surface area contributed by atoms with Crippen molar-refractivity contribution < 1.29 is 0 Å². The lowest BCUT2D eigenvalue weighted by atomic mass is 9.93. The number of anilines is 2. The van der Waals surface area contributed by atoms with Crippen LogP contribution < -0.4 is 15.6 Å². The molecule has 1 aliphatic carbocycles. The van der Waals surface area contributed by atoms with E-state index in [-0.39, 0.29) is 10.9 Å². The molecule has 3 aromatic heterocycles. The molecule has 10 heteroatoms. The molecule has 0 bridgehead atoms. The first kappa shape index (κ1) is 18.6. The number of hydrazine groups is 1. The molecule has 0 aliphatic heterocycles. The zero-order chi connectivity index (χ0) is 20.0. The maximum absolute atomic E-state index is 12.2. The van der Waals surface area contributed by atoms with Crippen LogP contribution in [-0.2, 0) is 12.8 Å². The summed E-state index contributed by atoms with van der Waals surface area (Å²) in [5.74, 6) is 0.763. The van der Waals surface area contributed by atoms with Gasteiger partial charge in [-0.1, -0.05) is 18.3 Å². The summed E-state index contributed by atoms with van der Waals surface area (Å²) in [4.78, 5) is 25.4. The van der Waals surface area contributed by atoms with E-state index in [1.54, 1.807) is 17.7 Å². The summed E-state index contributed by atoms with van der Waals surface area (Å²) in [6, 6.07) is 5.72. The van der Waals surface area contributed by atoms with Crippen molar-refractivity contribution in [2.75, 3.05) is 11.9 Å². The van der Waals surface area contributed by atoms with Crippen LogP contribution in [0.2, 0.25) is 0 Å². The van der Waals surface area contributed by atoms with Crippen molar-refractivity contribution in [1.29, 1.82) is 0 Å². The molecule has 1 unspecified atom stereocenters. The number of hydrogen-bond acceptors (Lipinski definition) is 9. The van der Waals surface area contributed by atoms with E-state index < -0.39 is 0 Å². The van der Waals surface area contributed by atoms with E-state index >= 15 is 0 Å². The van der Waals surface area contributed by atoms with E-state index in [2.05, 4.69) is 25.7 Å². The Balaban J connectivity index is 1.49. The minimum Gasteiger partial charge on any atom is -0.771 e. The van der Waals surface area contributed by atoms with Crippen LogP contribution in [0, 0.1) is 5.21 Å². The van der Waals surface area contributed by atoms with Gasteiger partial charge >= 0.3 is 4.87 Å². The van der Waals surface area contributed by atoms with E-state index in [0.29, 0.717) is 6.54 Å². The Kier molecular flexibility index (Phi) is 4.80. The molecule has 150 valence electrons. The molecule has 0 spiro atoms. The number of hydrogen-bond donors (Lipinski definition) is 3. The lowest BCUT2D eigenvalue weighted by Crippen LogP contribution is -2.43. The molecule has 0 saturated heterocycles. The molecular weight excluding hydrogens is 408 g/mol. The van der Waals surface area contributed by atoms with E-state index in [1.165, 1.54) is 21.8 Å². The third-order valence-electron chi connectivity index (χ3n) is 5.15. The zero-order valence-corrected chi connectivity index (χ0v) is 17.3. The number of rotatable bonds is 5. The summed E-state index contributed by atoms with van der Waals surface area (Å²) in [6.07, 6.45) is 3.91. The van der Waals surface area contributed by atoms with Gasteiger partial charge in [-0.15, -0.1) is 11.3 Å². The van der Waals surface area contributed by atoms with Crippen LogP contribution in [0.4, 0.5) is 11.5 Å². The average molecular weight is 428 g/mol. The highest BCUT2D eigenvalue weighted by Crippen LogP contribution is 2.39. The summed E-state index contributed by atoms with van der Waals surface area (Å²) >= 11 is 2.83. The normalized spacial score (nSPS) is 16.6. The summed E-state index contributed by atoms with van der Waals surface area (Å²) in [7, 11) is 0. The third-order valence-corrected chi connectivity index (χ3v) is 7.16. The number of aromatic nitrogens is 3. The number of thiophene rings is 1. The van der Waals surface area contributed by atoms with Crippen molar-refractivity contribution in [3.8, 4) is 0 Å². The number of aryl methyl sites for hydroxylation is 1. The Morgan fingerprint density at radius 1 is 1.34 bits per heavy atom. The van der Waals surface area contributed by atoms with Crippen LogP contribution in [-0.4, -0.2) is 32.7 Å². The number of fused-ring (bicyclic) bond motifs is 4. The summed E-state index contributed by atoms with van der Waals surface area (Å²) < 4.78 is 0.902. The lowest BCUT2D eigenvalue weighted by Gasteiger charge is -2.39. The van der Waals surface area contributed by atoms with Crippen LogP contribution in [0.25, 0.3) is 20.4 Å². The Morgan fingerprint density at radius 2 is 2.24 bits per heavy atom. The second-order valence-corrected chi connectivity index (χ2v) is 9.09. The minimum atomic E-state index is -0.0620. The maximum Gasteiger partial charge on any atom is 0.305 e. The van der Waals surface area contributed by atoms with Crippen LogP contribution >= 0.6 is 22.7 Å². The molecule has 1 aromatic carbocycles. The van der Waals surface area contributed by atoms with Gasteiger partial charge in [0.1, 0.15) is 17.0 Å². The number of hydroxylamine groups is 1. The van der Waals surface area contributed by atoms with Gasteiger partial charge in [0.2, 0.25) is 0 Å². The largest absolute Gasteiger partial charge is 0.771 e. The van der Waals surface area contributed by atoms with Gasteiger partial charge in [0, 0.05) is 23.2 Å². The zero-order valence-electron chi connectivity index (χ0n) is 15.7. The number of H-pyrrole nitrogens is 1. The molecule has 0 amide bonds. The smallest absolute Gasteiger partial charge is 0.305 e. The Labute approximate surface area is 174 Å². The molecule has 3 N–H and O–H groups in total. The first-order chi connectivity index (χ1) is 14.1. The molecule has 29 heavy (non-hydrogen) atoms. The quantitative estimate of drug-likeness (QED) is 0.418. The average Bonchev–Trinajstić information content (AvgIpc) is 3.26. The molecule has 4 aromatic rings.